The molecule has 0 N–H and O–H groups in total. The molecule has 6 heteroatoms. The predicted octanol–water partition coefficient (Wildman–Crippen LogP) is 1.94. The van der Waals surface area contributed by atoms with E-state index in [0.717, 1.165) is 4.88 Å². The maximum Gasteiger partial charge on any atom is 0.316 e. The molecule has 4 nitrogen and oxygen atoms in total. The van der Waals surface area contributed by atoms with Crippen molar-refractivity contribution in [3.05, 3.63) is 10.9 Å². The summed E-state index contributed by atoms with van der Waals surface area (Å²) in [5.41, 5.74) is 0. The molecular formula is C7H9ClN2O2S. The van der Waals surface area contributed by atoms with Crippen LogP contribution in [-0.4, -0.2) is 28.8 Å². The standard InChI is InChI=1S/C7H9ClN2O2S/c1-10(7(8)11)4-5-3-6(12-2)9-13-5/h3H,4H2,1-2H3. The Balaban J connectivity index is 2.58. The number of methoxy groups -OCH3 is 1. The molecule has 0 fully saturated rings. The van der Waals surface area contributed by atoms with Crippen LogP contribution in [0, 0.1) is 0 Å². The third kappa shape index (κ3) is 2.86. The van der Waals surface area contributed by atoms with Crippen LogP contribution in [0.25, 0.3) is 0 Å². The van der Waals surface area contributed by atoms with E-state index < -0.39 is 5.37 Å². The highest BCUT2D eigenvalue weighted by atomic mass is 35.5. The Kier molecular flexibility index (Phi) is 3.50. The molecule has 0 spiro atoms. The summed E-state index contributed by atoms with van der Waals surface area (Å²) in [5.74, 6) is 0.565. The van der Waals surface area contributed by atoms with Crippen molar-refractivity contribution in [3.8, 4) is 5.88 Å². The second-order valence-corrected chi connectivity index (χ2v) is 3.66. The molecule has 0 bridgehead atoms. The molecule has 0 saturated carbocycles. The van der Waals surface area contributed by atoms with Gasteiger partial charge in [-0.1, -0.05) is 0 Å². The zero-order valence-corrected chi connectivity index (χ0v) is 8.85. The Bertz CT molecular complexity index is 302. The zero-order valence-electron chi connectivity index (χ0n) is 7.28. The topological polar surface area (TPSA) is 42.4 Å². The molecular weight excluding hydrogens is 212 g/mol. The molecule has 0 aliphatic carbocycles. The van der Waals surface area contributed by atoms with Crippen molar-refractivity contribution >= 4 is 28.5 Å². The van der Waals surface area contributed by atoms with Crippen molar-refractivity contribution in [1.29, 1.82) is 0 Å². The van der Waals surface area contributed by atoms with E-state index in [2.05, 4.69) is 4.37 Å². The Hall–Kier alpha value is -0.810. The van der Waals surface area contributed by atoms with Gasteiger partial charge in [-0.2, -0.15) is 4.37 Å². The van der Waals surface area contributed by atoms with E-state index in [-0.39, 0.29) is 0 Å². The monoisotopic (exact) mass is 220 g/mol. The molecule has 0 aliphatic rings. The summed E-state index contributed by atoms with van der Waals surface area (Å²) in [4.78, 5) is 13.0. The van der Waals surface area contributed by atoms with Crippen LogP contribution in [0.15, 0.2) is 6.07 Å². The SMILES string of the molecule is COc1cc(CN(C)C(=O)Cl)sn1. The fourth-order valence-electron chi connectivity index (χ4n) is 0.761. The van der Waals surface area contributed by atoms with Gasteiger partial charge in [-0.15, -0.1) is 0 Å². The van der Waals surface area contributed by atoms with E-state index in [0.29, 0.717) is 12.4 Å². The second-order valence-electron chi connectivity index (χ2n) is 2.44. The number of ether oxygens (including phenoxy) is 1. The van der Waals surface area contributed by atoms with Crippen LogP contribution < -0.4 is 4.74 Å². The Morgan fingerprint density at radius 3 is 3.00 bits per heavy atom. The number of carbonyl (C=O) groups excluding carboxylic acids is 1. The van der Waals surface area contributed by atoms with Crippen LogP contribution >= 0.6 is 23.1 Å². The van der Waals surface area contributed by atoms with Gasteiger partial charge in [0, 0.05) is 18.0 Å². The molecule has 0 aliphatic heterocycles. The highest BCUT2D eigenvalue weighted by molar-refractivity contribution is 7.05. The normalized spacial score (nSPS) is 9.77. The average molecular weight is 221 g/mol. The molecule has 1 rings (SSSR count). The third-order valence-electron chi connectivity index (χ3n) is 1.44. The van der Waals surface area contributed by atoms with Crippen LogP contribution in [0.1, 0.15) is 4.88 Å². The van der Waals surface area contributed by atoms with Crippen molar-refractivity contribution in [2.75, 3.05) is 14.2 Å². The predicted molar refractivity (Wildman–Crippen MR) is 51.4 cm³/mol. The van der Waals surface area contributed by atoms with Crippen molar-refractivity contribution in [2.24, 2.45) is 0 Å². The number of carbonyl (C=O) groups is 1. The van der Waals surface area contributed by atoms with Gasteiger partial charge < -0.3 is 9.64 Å². The van der Waals surface area contributed by atoms with E-state index in [1.807, 2.05) is 0 Å². The van der Waals surface area contributed by atoms with Gasteiger partial charge in [0.25, 0.3) is 0 Å². The van der Waals surface area contributed by atoms with Gasteiger partial charge >= 0.3 is 5.37 Å². The maximum absolute atomic E-state index is 10.7. The van der Waals surface area contributed by atoms with Gasteiger partial charge in [0.2, 0.25) is 5.88 Å². The van der Waals surface area contributed by atoms with Gasteiger partial charge in [-0.05, 0) is 23.1 Å². The van der Waals surface area contributed by atoms with E-state index in [9.17, 15) is 4.79 Å². The first-order valence-corrected chi connectivity index (χ1v) is 4.69. The molecule has 0 unspecified atom stereocenters. The number of hydrogen-bond donors (Lipinski definition) is 0. The average Bonchev–Trinajstić information content (AvgIpc) is 2.52. The Morgan fingerprint density at radius 1 is 1.85 bits per heavy atom. The van der Waals surface area contributed by atoms with Gasteiger partial charge in [0.15, 0.2) is 0 Å². The summed E-state index contributed by atoms with van der Waals surface area (Å²) in [5, 5.41) is -0.479. The highest BCUT2D eigenvalue weighted by Gasteiger charge is 2.08. The minimum absolute atomic E-state index is 0.462. The summed E-state index contributed by atoms with van der Waals surface area (Å²) in [6, 6.07) is 1.78. The lowest BCUT2D eigenvalue weighted by Gasteiger charge is -2.10. The minimum atomic E-state index is -0.479. The van der Waals surface area contributed by atoms with Crippen LogP contribution in [0.2, 0.25) is 0 Å². The summed E-state index contributed by atoms with van der Waals surface area (Å²) in [7, 11) is 3.18. The van der Waals surface area contributed by atoms with Crippen LogP contribution in [0.3, 0.4) is 0 Å². The summed E-state index contributed by atoms with van der Waals surface area (Å²) in [6.45, 7) is 0.462. The van der Waals surface area contributed by atoms with Crippen LogP contribution in [-0.2, 0) is 6.54 Å². The van der Waals surface area contributed by atoms with Gasteiger partial charge in [0.05, 0.1) is 13.7 Å². The largest absolute Gasteiger partial charge is 0.480 e. The zero-order chi connectivity index (χ0) is 9.84. The number of hydrogen-bond acceptors (Lipinski definition) is 4. The number of halogens is 1. The number of nitrogens with zero attached hydrogens (tertiary/aromatic N) is 2. The first-order chi connectivity index (χ1) is 6.13. The van der Waals surface area contributed by atoms with Crippen molar-refractivity contribution in [2.45, 2.75) is 6.54 Å². The molecule has 1 aromatic heterocycles. The molecule has 0 radical (unpaired) electrons. The molecule has 13 heavy (non-hydrogen) atoms. The third-order valence-corrected chi connectivity index (χ3v) is 2.48. The van der Waals surface area contributed by atoms with Crippen molar-refractivity contribution in [1.82, 2.24) is 9.27 Å². The first-order valence-electron chi connectivity index (χ1n) is 3.53. The minimum Gasteiger partial charge on any atom is -0.480 e. The molecule has 72 valence electrons. The van der Waals surface area contributed by atoms with Crippen LogP contribution in [0.4, 0.5) is 4.79 Å². The fourth-order valence-corrected chi connectivity index (χ4v) is 1.56. The highest BCUT2D eigenvalue weighted by Crippen LogP contribution is 2.17. The quantitative estimate of drug-likeness (QED) is 0.578. The number of rotatable bonds is 3. The lowest BCUT2D eigenvalue weighted by atomic mass is 10.4. The molecule has 1 amide bonds. The summed E-state index contributed by atoms with van der Waals surface area (Å²) in [6.07, 6.45) is 0. The van der Waals surface area contributed by atoms with E-state index in [4.69, 9.17) is 16.3 Å². The molecule has 0 aromatic carbocycles. The Labute approximate surface area is 85.2 Å². The molecule has 1 aromatic rings. The fraction of sp³-hybridized carbons (Fsp3) is 0.429. The van der Waals surface area contributed by atoms with Crippen molar-refractivity contribution < 1.29 is 9.53 Å². The van der Waals surface area contributed by atoms with Crippen molar-refractivity contribution in [3.63, 3.8) is 0 Å². The lowest BCUT2D eigenvalue weighted by Crippen LogP contribution is -2.19. The summed E-state index contributed by atoms with van der Waals surface area (Å²) >= 11 is 6.55. The van der Waals surface area contributed by atoms with Crippen LogP contribution in [0.5, 0.6) is 5.88 Å². The smallest absolute Gasteiger partial charge is 0.316 e. The van der Waals surface area contributed by atoms with E-state index >= 15 is 0 Å². The Morgan fingerprint density at radius 2 is 2.54 bits per heavy atom. The van der Waals surface area contributed by atoms with Gasteiger partial charge in [-0.25, -0.2) is 0 Å². The van der Waals surface area contributed by atoms with E-state index in [1.165, 1.54) is 16.4 Å². The molecule has 1 heterocycles. The van der Waals surface area contributed by atoms with E-state index in [1.54, 1.807) is 20.2 Å². The van der Waals surface area contributed by atoms with Gasteiger partial charge in [0.1, 0.15) is 0 Å². The second kappa shape index (κ2) is 4.43. The summed E-state index contributed by atoms with van der Waals surface area (Å²) < 4.78 is 8.89. The lowest BCUT2D eigenvalue weighted by molar-refractivity contribution is 0.231. The number of aromatic nitrogens is 1. The molecule has 0 atom stereocenters. The number of amides is 1. The molecule has 0 saturated heterocycles. The first kappa shape index (κ1) is 10.3. The maximum atomic E-state index is 10.7. The van der Waals surface area contributed by atoms with Gasteiger partial charge in [-0.3, -0.25) is 4.79 Å².